The average Bonchev–Trinajstić information content (AvgIpc) is 3.15. The SMILES string of the molecule is Fc1cc2c(c(COn3nnc4ccccc43)c1)O[C@H](c1ccccc1)OC2. The molecule has 0 spiro atoms. The number of fused-ring (bicyclic) bond motifs is 2. The van der Waals surface area contributed by atoms with Crippen molar-refractivity contribution >= 4 is 11.0 Å². The number of hydrogen-bond acceptors (Lipinski definition) is 5. The van der Waals surface area contributed by atoms with Gasteiger partial charge in [-0.1, -0.05) is 47.3 Å². The van der Waals surface area contributed by atoms with Crippen molar-refractivity contribution in [2.24, 2.45) is 0 Å². The van der Waals surface area contributed by atoms with Crippen molar-refractivity contribution < 1.29 is 18.7 Å². The van der Waals surface area contributed by atoms with Crippen LogP contribution in [0, 0.1) is 5.82 Å². The summed E-state index contributed by atoms with van der Waals surface area (Å²) < 4.78 is 25.9. The zero-order valence-corrected chi connectivity index (χ0v) is 14.8. The molecule has 0 saturated heterocycles. The first-order valence-electron chi connectivity index (χ1n) is 8.86. The maximum atomic E-state index is 14.1. The molecule has 6 nitrogen and oxygen atoms in total. The fourth-order valence-corrected chi connectivity index (χ4v) is 3.23. The van der Waals surface area contributed by atoms with Crippen LogP contribution in [0.2, 0.25) is 0 Å². The van der Waals surface area contributed by atoms with Gasteiger partial charge in [-0.2, -0.15) is 0 Å². The Morgan fingerprint density at radius 3 is 2.79 bits per heavy atom. The van der Waals surface area contributed by atoms with Crippen LogP contribution in [-0.4, -0.2) is 15.2 Å². The Labute approximate surface area is 160 Å². The fraction of sp³-hybridized carbons (Fsp3) is 0.143. The molecule has 0 unspecified atom stereocenters. The van der Waals surface area contributed by atoms with Crippen LogP contribution < -0.4 is 9.57 Å². The Balaban J connectivity index is 1.43. The van der Waals surface area contributed by atoms with E-state index in [1.807, 2.05) is 54.6 Å². The third-order valence-corrected chi connectivity index (χ3v) is 4.56. The van der Waals surface area contributed by atoms with Gasteiger partial charge in [0.25, 0.3) is 0 Å². The van der Waals surface area contributed by atoms with Gasteiger partial charge in [-0.3, -0.25) is 0 Å². The highest BCUT2D eigenvalue weighted by atomic mass is 19.1. The first kappa shape index (κ1) is 16.7. The Kier molecular flexibility index (Phi) is 4.14. The lowest BCUT2D eigenvalue weighted by molar-refractivity contribution is -0.112. The third kappa shape index (κ3) is 3.05. The number of nitrogens with zero attached hydrogens (tertiary/aromatic N) is 3. The lowest BCUT2D eigenvalue weighted by Gasteiger charge is -2.28. The first-order chi connectivity index (χ1) is 13.8. The molecule has 0 aliphatic carbocycles. The molecule has 4 aromatic rings. The summed E-state index contributed by atoms with van der Waals surface area (Å²) in [6.07, 6.45) is -0.551. The van der Waals surface area contributed by atoms with Crippen molar-refractivity contribution in [1.29, 1.82) is 0 Å². The molecule has 1 atom stereocenters. The molecule has 0 bridgehead atoms. The minimum Gasteiger partial charge on any atom is -0.460 e. The summed E-state index contributed by atoms with van der Waals surface area (Å²) in [4.78, 5) is 7.10. The number of benzene rings is 3. The molecule has 0 saturated carbocycles. The van der Waals surface area contributed by atoms with E-state index in [0.29, 0.717) is 16.9 Å². The number of ether oxygens (including phenoxy) is 2. The van der Waals surface area contributed by atoms with Crippen LogP contribution in [0.5, 0.6) is 5.75 Å². The molecule has 28 heavy (non-hydrogen) atoms. The number of halogens is 1. The summed E-state index contributed by atoms with van der Waals surface area (Å²) >= 11 is 0. The van der Waals surface area contributed by atoms with Gasteiger partial charge in [0.2, 0.25) is 6.29 Å². The molecular formula is C21H16FN3O3. The summed E-state index contributed by atoms with van der Waals surface area (Å²) in [6.45, 7) is 0.334. The van der Waals surface area contributed by atoms with E-state index in [1.165, 1.54) is 17.0 Å². The van der Waals surface area contributed by atoms with Crippen molar-refractivity contribution in [2.75, 3.05) is 0 Å². The maximum absolute atomic E-state index is 14.1. The molecule has 1 aromatic heterocycles. The molecule has 140 valence electrons. The van der Waals surface area contributed by atoms with Crippen molar-refractivity contribution in [1.82, 2.24) is 15.2 Å². The van der Waals surface area contributed by atoms with Crippen LogP contribution in [-0.2, 0) is 18.0 Å². The van der Waals surface area contributed by atoms with Gasteiger partial charge in [0, 0.05) is 16.7 Å². The van der Waals surface area contributed by atoms with Crippen molar-refractivity contribution in [2.45, 2.75) is 19.5 Å². The van der Waals surface area contributed by atoms with E-state index < -0.39 is 6.29 Å². The Morgan fingerprint density at radius 2 is 1.89 bits per heavy atom. The zero-order valence-electron chi connectivity index (χ0n) is 14.8. The molecule has 3 aromatic carbocycles. The number of aromatic nitrogens is 3. The number of hydrogen-bond donors (Lipinski definition) is 0. The smallest absolute Gasteiger partial charge is 0.227 e. The molecule has 1 aliphatic rings. The topological polar surface area (TPSA) is 58.4 Å². The zero-order chi connectivity index (χ0) is 18.9. The van der Waals surface area contributed by atoms with E-state index in [4.69, 9.17) is 14.3 Å². The van der Waals surface area contributed by atoms with Crippen molar-refractivity contribution in [3.05, 3.63) is 89.2 Å². The summed E-state index contributed by atoms with van der Waals surface area (Å²) in [5.41, 5.74) is 3.58. The van der Waals surface area contributed by atoms with Crippen LogP contribution in [0.4, 0.5) is 4.39 Å². The van der Waals surface area contributed by atoms with E-state index in [1.54, 1.807) is 0 Å². The van der Waals surface area contributed by atoms with E-state index in [-0.39, 0.29) is 19.0 Å². The molecule has 0 radical (unpaired) electrons. The standard InChI is InChI=1S/C21H16FN3O3/c22-17-10-15-12-26-21(14-6-2-1-3-7-14)28-20(15)16(11-17)13-27-25-19-9-5-4-8-18(19)23-24-25/h1-11,21H,12-13H2/t21-/m1/s1. The van der Waals surface area contributed by atoms with Gasteiger partial charge in [-0.15, -0.1) is 5.10 Å². The molecule has 0 N–H and O–H groups in total. The minimum atomic E-state index is -0.551. The van der Waals surface area contributed by atoms with E-state index >= 15 is 0 Å². The highest BCUT2D eigenvalue weighted by Crippen LogP contribution is 2.36. The van der Waals surface area contributed by atoms with Gasteiger partial charge in [0.05, 0.1) is 6.61 Å². The molecule has 2 heterocycles. The van der Waals surface area contributed by atoms with Gasteiger partial charge in [0.15, 0.2) is 0 Å². The lowest BCUT2D eigenvalue weighted by atomic mass is 10.1. The number of para-hydroxylation sites is 1. The van der Waals surface area contributed by atoms with Gasteiger partial charge in [-0.05, 0) is 29.5 Å². The second kappa shape index (κ2) is 6.94. The molecule has 0 fully saturated rings. The van der Waals surface area contributed by atoms with Crippen molar-refractivity contribution in [3.63, 3.8) is 0 Å². The van der Waals surface area contributed by atoms with Gasteiger partial charge < -0.3 is 14.3 Å². The van der Waals surface area contributed by atoms with Crippen molar-refractivity contribution in [3.8, 4) is 5.75 Å². The molecule has 0 amide bonds. The van der Waals surface area contributed by atoms with E-state index in [9.17, 15) is 4.39 Å². The number of rotatable bonds is 4. The van der Waals surface area contributed by atoms with Gasteiger partial charge in [-0.25, -0.2) is 4.39 Å². The maximum Gasteiger partial charge on any atom is 0.227 e. The van der Waals surface area contributed by atoms with Crippen LogP contribution in [0.25, 0.3) is 11.0 Å². The normalized spacial score (nSPS) is 15.8. The highest BCUT2D eigenvalue weighted by Gasteiger charge is 2.25. The second-order valence-electron chi connectivity index (χ2n) is 6.45. The Hall–Kier alpha value is -3.45. The van der Waals surface area contributed by atoms with Gasteiger partial charge >= 0.3 is 0 Å². The average molecular weight is 377 g/mol. The third-order valence-electron chi connectivity index (χ3n) is 4.56. The minimum absolute atomic E-state index is 0.0783. The summed E-state index contributed by atoms with van der Waals surface area (Å²) in [5, 5.41) is 8.04. The molecule has 7 heteroatoms. The fourth-order valence-electron chi connectivity index (χ4n) is 3.23. The molecule has 1 aliphatic heterocycles. The van der Waals surface area contributed by atoms with Crippen LogP contribution in [0.15, 0.2) is 66.7 Å². The predicted molar refractivity (Wildman–Crippen MR) is 98.8 cm³/mol. The summed E-state index contributed by atoms with van der Waals surface area (Å²) in [5.74, 6) is 0.206. The Bertz CT molecular complexity index is 1130. The predicted octanol–water partition coefficient (Wildman–Crippen LogP) is 3.81. The quantitative estimate of drug-likeness (QED) is 0.541. The monoisotopic (exact) mass is 377 g/mol. The van der Waals surface area contributed by atoms with Gasteiger partial charge in [0.1, 0.15) is 29.2 Å². The summed E-state index contributed by atoms with van der Waals surface area (Å²) in [6, 6.07) is 19.9. The largest absolute Gasteiger partial charge is 0.460 e. The lowest BCUT2D eigenvalue weighted by Crippen LogP contribution is -2.21. The molecule has 5 rings (SSSR count). The van der Waals surface area contributed by atoms with E-state index in [2.05, 4.69) is 10.3 Å². The first-order valence-corrected chi connectivity index (χ1v) is 8.86. The highest BCUT2D eigenvalue weighted by molar-refractivity contribution is 5.73. The van der Waals surface area contributed by atoms with Crippen LogP contribution in [0.3, 0.4) is 0 Å². The van der Waals surface area contributed by atoms with Crippen LogP contribution in [0.1, 0.15) is 23.0 Å². The van der Waals surface area contributed by atoms with E-state index in [0.717, 1.165) is 16.6 Å². The Morgan fingerprint density at radius 1 is 1.07 bits per heavy atom. The second-order valence-corrected chi connectivity index (χ2v) is 6.45. The van der Waals surface area contributed by atoms with Crippen LogP contribution >= 0.6 is 0 Å². The molecular weight excluding hydrogens is 361 g/mol. The summed E-state index contributed by atoms with van der Waals surface area (Å²) in [7, 11) is 0.